The van der Waals surface area contributed by atoms with Crippen molar-refractivity contribution >= 4 is 83.2 Å². The molecule has 0 aromatic rings. The third-order valence-electron chi connectivity index (χ3n) is 28.3. The molecule has 0 aliphatic carbocycles. The van der Waals surface area contributed by atoms with Gasteiger partial charge >= 0.3 is 71.6 Å². The fourth-order valence-electron chi connectivity index (χ4n) is 23.0. The van der Waals surface area contributed by atoms with E-state index in [4.69, 9.17) is 75.8 Å². The summed E-state index contributed by atoms with van der Waals surface area (Å²) in [4.78, 5) is 175. The van der Waals surface area contributed by atoms with Crippen LogP contribution in [0, 0.1) is 0 Å². The second kappa shape index (κ2) is 65.3. The van der Waals surface area contributed by atoms with Gasteiger partial charge in [0.1, 0.15) is 101 Å². The number of piperidine rings is 6. The number of carbonyl (C=O) groups is 14. The van der Waals surface area contributed by atoms with Crippen LogP contribution in [0.3, 0.4) is 0 Å². The minimum atomic E-state index is -0.364. The molecule has 0 radical (unpaired) electrons. The van der Waals surface area contributed by atoms with Crippen molar-refractivity contribution in [3.05, 3.63) is 0 Å². The lowest BCUT2D eigenvalue weighted by molar-refractivity contribution is -0.167. The van der Waals surface area contributed by atoms with Crippen LogP contribution in [0.2, 0.25) is 0 Å². The zero-order valence-corrected chi connectivity index (χ0v) is 98.5. The summed E-state index contributed by atoms with van der Waals surface area (Å²) in [7, 11) is 6.07. The third-order valence-corrected chi connectivity index (χ3v) is 28.3. The van der Waals surface area contributed by atoms with Crippen LogP contribution in [-0.4, -0.2) is 349 Å². The summed E-state index contributed by atoms with van der Waals surface area (Å²) < 4.78 is 84.5. The first-order chi connectivity index (χ1) is 68.4. The van der Waals surface area contributed by atoms with Crippen molar-refractivity contribution in [2.75, 3.05) is 134 Å². The van der Waals surface area contributed by atoms with Crippen molar-refractivity contribution in [1.29, 1.82) is 0 Å². The first-order valence-electron chi connectivity index (χ1n) is 54.0. The Morgan fingerprint density at radius 3 is 0.676 bits per heavy atom. The topological polar surface area (TPSA) is 406 Å². The number of nitrogens with zero attached hydrogens (tertiary/aromatic N) is 6. The Kier molecular flexibility index (Phi) is 61.2. The molecule has 36 nitrogen and oxygen atoms in total. The maximum Gasteiger partial charge on any atom is 0.332 e. The molecule has 0 atom stereocenters. The molecule has 0 unspecified atom stereocenters. The highest BCUT2D eigenvalue weighted by Gasteiger charge is 2.53. The van der Waals surface area contributed by atoms with Gasteiger partial charge in [0.05, 0.1) is 38.9 Å². The highest BCUT2D eigenvalue weighted by Crippen LogP contribution is 2.46. The summed E-state index contributed by atoms with van der Waals surface area (Å²) in [5.74, 6) is -2.86. The molecule has 6 aliphatic rings. The lowest BCUT2D eigenvalue weighted by Crippen LogP contribution is -2.63. The number of hydrogen-bond acceptors (Lipinski definition) is 36. The maximum atomic E-state index is 12.2. The zero-order chi connectivity index (χ0) is 113. The number of methoxy groups -OCH3 is 4. The minimum absolute atomic E-state index is 0.0229. The van der Waals surface area contributed by atoms with Crippen LogP contribution in [-0.2, 0) is 143 Å². The quantitative estimate of drug-likeness (QED) is 0.0310. The molecule has 0 aromatic heterocycles. The molecule has 6 heterocycles. The van der Waals surface area contributed by atoms with E-state index in [1.807, 2.05) is 6.92 Å². The Hall–Kier alpha value is -7.42. The van der Waals surface area contributed by atoms with Gasteiger partial charge in [-0.1, -0.05) is 53.4 Å². The van der Waals surface area contributed by atoms with E-state index >= 15 is 0 Å². The molecule has 0 N–H and O–H groups in total. The van der Waals surface area contributed by atoms with Crippen molar-refractivity contribution in [3.8, 4) is 0 Å². The molecule has 0 amide bonds. The minimum Gasteiger partial charge on any atom is -0.465 e. The average molecular weight is 2110 g/mol. The van der Waals surface area contributed by atoms with Gasteiger partial charge in [0.15, 0.2) is 0 Å². The van der Waals surface area contributed by atoms with Crippen LogP contribution >= 0.6 is 0 Å². The third kappa shape index (κ3) is 52.9. The van der Waals surface area contributed by atoms with Gasteiger partial charge in [-0.2, -0.15) is 0 Å². The van der Waals surface area contributed by atoms with Crippen molar-refractivity contribution in [2.24, 2.45) is 0 Å². The first kappa shape index (κ1) is 139. The number of ketones is 2. The van der Waals surface area contributed by atoms with E-state index in [1.54, 1.807) is 21.1 Å². The van der Waals surface area contributed by atoms with E-state index in [9.17, 15) is 67.1 Å². The normalized spacial score (nSPS) is 20.3. The number of carbonyl (C=O) groups excluding carboxylic acids is 14. The number of rotatable bonds is 50. The Bertz CT molecular complexity index is 3950. The Morgan fingerprint density at radius 2 is 0.419 bits per heavy atom. The largest absolute Gasteiger partial charge is 0.465 e. The molecule has 0 saturated carbocycles. The fourth-order valence-corrected chi connectivity index (χ4v) is 23.0. The van der Waals surface area contributed by atoms with E-state index < -0.39 is 0 Å². The Morgan fingerprint density at radius 1 is 0.209 bits per heavy atom. The van der Waals surface area contributed by atoms with Gasteiger partial charge < -0.3 is 85.4 Å². The summed E-state index contributed by atoms with van der Waals surface area (Å²) in [6.45, 7) is 71.6. The summed E-state index contributed by atoms with van der Waals surface area (Å²) in [5.41, 5.74) is -1.91. The average Bonchev–Trinajstić information content (AvgIpc) is 0.808. The predicted octanol–water partition coefficient (Wildman–Crippen LogP) is 16.7. The monoisotopic (exact) mass is 2110 g/mol. The highest BCUT2D eigenvalue weighted by molar-refractivity contribution is 5.82. The lowest BCUT2D eigenvalue weighted by Gasteiger charge is -2.54. The standard InChI is InChI=1S/C23H43NO4.C21H35NO6.C19H35NO6.C17H31NO6.C17H31NO4.C15H27NO4/c1-7-9-11-13-20(25)27-16-15-24-22(3,4)17-19(18-23(24,5)6)28-21(26)14-12-10-8-2;1-15(23)7-9-18(25)27-12-11-22-20(3,4)13-17(14-21(22,5)6)28-19(26)10-8-16(2)24;1-18(2)13-15(26-17(22)8-11-24-6)14-19(3,4)20(18)9-12-25-16(21)7-10-23-5;1-16(2)9-13(24-15(20)12-22-6)10-17(3,4)18(16)7-8-23-14(19)11-21-5;1-7-14(19)21-10-9-18-16(3,4)11-13(12-17(18,5)6)22-15(20)8-2;1-11(17)19-8-7-16-14(3,4)9-13(20-12(2)18)10-15(16,5)6/h19H,7-18H2,1-6H3;17H,7-14H2,1-6H3;15H,7-14H2,1-6H3;13H,7-12H2,1-6H3;13H,7-12H2,1-6H3;13H,7-10H2,1-6H3. The van der Waals surface area contributed by atoms with Gasteiger partial charge in [0.2, 0.25) is 0 Å². The summed E-state index contributed by atoms with van der Waals surface area (Å²) in [6, 6.07) is 0. The fraction of sp³-hybridized carbons (Fsp3) is 0.875. The maximum absolute atomic E-state index is 12.2. The molecule has 0 spiro atoms. The smallest absolute Gasteiger partial charge is 0.332 e. The van der Waals surface area contributed by atoms with Crippen molar-refractivity contribution in [1.82, 2.24) is 29.4 Å². The van der Waals surface area contributed by atoms with E-state index in [0.717, 1.165) is 103 Å². The molecule has 860 valence electrons. The lowest BCUT2D eigenvalue weighted by atomic mass is 9.78. The molecule has 6 aliphatic heterocycles. The van der Waals surface area contributed by atoms with Crippen LogP contribution in [0.4, 0.5) is 0 Å². The summed E-state index contributed by atoms with van der Waals surface area (Å²) in [6.07, 6.45) is 17.6. The van der Waals surface area contributed by atoms with Gasteiger partial charge in [-0.15, -0.1) is 0 Å². The number of likely N-dealkylation sites (tertiary alicyclic amines) is 6. The van der Waals surface area contributed by atoms with Crippen LogP contribution in [0.5, 0.6) is 0 Å². The molecule has 6 fully saturated rings. The highest BCUT2D eigenvalue weighted by atomic mass is 16.6. The van der Waals surface area contributed by atoms with E-state index in [1.165, 1.54) is 41.9 Å². The summed E-state index contributed by atoms with van der Waals surface area (Å²) >= 11 is 0. The first-order valence-corrected chi connectivity index (χ1v) is 54.0. The summed E-state index contributed by atoms with van der Waals surface area (Å²) in [5, 5.41) is 0. The van der Waals surface area contributed by atoms with Gasteiger partial charge in [0.25, 0.3) is 0 Å². The van der Waals surface area contributed by atoms with Crippen molar-refractivity contribution in [2.45, 2.75) is 504 Å². The number of unbranched alkanes of at least 4 members (excludes halogenated alkanes) is 4. The van der Waals surface area contributed by atoms with Gasteiger partial charge in [-0.05, 0) is 193 Å². The molecule has 6 saturated heterocycles. The Labute approximate surface area is 889 Å². The molecule has 6 rings (SSSR count). The van der Waals surface area contributed by atoms with Gasteiger partial charge in [0, 0.05) is 264 Å². The molecule has 0 aromatic carbocycles. The van der Waals surface area contributed by atoms with E-state index in [-0.39, 0.29) is 245 Å². The van der Waals surface area contributed by atoms with Crippen molar-refractivity contribution in [3.63, 3.8) is 0 Å². The van der Waals surface area contributed by atoms with Crippen LogP contribution in [0.25, 0.3) is 0 Å². The number of hydrogen-bond donors (Lipinski definition) is 0. The number of esters is 12. The molecule has 36 heteroatoms. The molecular formula is C112H202N6O30. The van der Waals surface area contributed by atoms with E-state index in [2.05, 4.69) is 209 Å². The van der Waals surface area contributed by atoms with Crippen molar-refractivity contribution < 1.29 is 143 Å². The number of ether oxygens (including phenoxy) is 16. The second-order valence-corrected chi connectivity index (χ2v) is 47.7. The zero-order valence-electron chi connectivity index (χ0n) is 98.5. The Balaban J connectivity index is 0.000000891. The number of Topliss-reactive ketones (excluding diaryl/α,β-unsaturated/α-hetero) is 2. The predicted molar refractivity (Wildman–Crippen MR) is 566 cm³/mol. The van der Waals surface area contributed by atoms with Crippen LogP contribution in [0.15, 0.2) is 0 Å². The SMILES string of the molecule is CC(=O)CCC(=O)OCCN1C(C)(C)CC(OC(=O)CCC(C)=O)CC1(C)C.CC(=O)OCCN1C(C)(C)CC(OC(C)=O)CC1(C)C.CCC(=O)OCCN1C(C)(C)CC(OC(=O)CC)CC1(C)C.CCCCCC(=O)OCCN1C(C)(C)CC(OC(=O)CCCCC)CC1(C)C.COCC(=O)OCCN1C(C)(C)CC(OC(=O)COC)CC1(C)C.COCCC(=O)OCCN1C(C)(C)CC(OC(=O)CCOC)CC1(C)C. The van der Waals surface area contributed by atoms with Gasteiger partial charge in [-0.25, -0.2) is 9.59 Å². The van der Waals surface area contributed by atoms with Gasteiger partial charge in [-0.3, -0.25) is 77.3 Å². The van der Waals surface area contributed by atoms with E-state index in [0.29, 0.717) is 124 Å². The second-order valence-electron chi connectivity index (χ2n) is 47.7. The van der Waals surface area contributed by atoms with Crippen LogP contribution in [0.1, 0.15) is 401 Å². The molecule has 148 heavy (non-hydrogen) atoms. The van der Waals surface area contributed by atoms with Crippen LogP contribution < -0.4 is 0 Å². The molecular weight excluding hydrogens is 1910 g/mol. The molecule has 0 bridgehead atoms.